The minimum atomic E-state index is -0.470. The Kier molecular flexibility index (Phi) is 5.86. The molecule has 6 nitrogen and oxygen atoms in total. The Bertz CT molecular complexity index is 704. The van der Waals surface area contributed by atoms with E-state index in [0.717, 1.165) is 31.1 Å². The third kappa shape index (κ3) is 4.46. The van der Waals surface area contributed by atoms with E-state index in [1.54, 1.807) is 18.2 Å². The van der Waals surface area contributed by atoms with Crippen LogP contribution in [0.15, 0.2) is 23.2 Å². The van der Waals surface area contributed by atoms with Gasteiger partial charge in [-0.25, -0.2) is 0 Å². The summed E-state index contributed by atoms with van der Waals surface area (Å²) in [4.78, 5) is 30.8. The van der Waals surface area contributed by atoms with Crippen LogP contribution in [0.3, 0.4) is 0 Å². The number of amides is 2. The van der Waals surface area contributed by atoms with Gasteiger partial charge in [-0.2, -0.15) is 4.99 Å². The van der Waals surface area contributed by atoms with Crippen molar-refractivity contribution >= 4 is 46.0 Å². The molecule has 134 valence electrons. The van der Waals surface area contributed by atoms with E-state index in [1.165, 1.54) is 25.3 Å². The second-order valence-corrected chi connectivity index (χ2v) is 7.59. The average molecular weight is 382 g/mol. The molecule has 0 radical (unpaired) electrons. The predicted molar refractivity (Wildman–Crippen MR) is 100 cm³/mol. The molecule has 2 aliphatic heterocycles. The smallest absolute Gasteiger partial charge is 0.262 e. The number of amidine groups is 1. The second-order valence-electron chi connectivity index (χ2n) is 5.98. The Morgan fingerprint density at radius 1 is 1.40 bits per heavy atom. The van der Waals surface area contributed by atoms with Gasteiger partial charge in [-0.1, -0.05) is 23.4 Å². The van der Waals surface area contributed by atoms with Crippen LogP contribution in [-0.2, 0) is 9.59 Å². The summed E-state index contributed by atoms with van der Waals surface area (Å²) in [6.07, 6.45) is 3.52. The minimum absolute atomic E-state index is 0.0695. The number of nitrogens with one attached hydrogen (secondary N) is 1. The van der Waals surface area contributed by atoms with Gasteiger partial charge >= 0.3 is 0 Å². The molecule has 3 rings (SSSR count). The van der Waals surface area contributed by atoms with Crippen LogP contribution in [0.25, 0.3) is 0 Å². The molecule has 1 N–H and O–H groups in total. The van der Waals surface area contributed by atoms with Crippen LogP contribution < -0.4 is 10.1 Å². The maximum Gasteiger partial charge on any atom is 0.262 e. The number of likely N-dealkylation sites (tertiary alicyclic amines) is 1. The number of hydrogen-bond donors (Lipinski definition) is 1. The van der Waals surface area contributed by atoms with E-state index in [2.05, 4.69) is 15.2 Å². The first kappa shape index (κ1) is 18.1. The van der Waals surface area contributed by atoms with E-state index < -0.39 is 5.25 Å². The van der Waals surface area contributed by atoms with E-state index in [9.17, 15) is 9.59 Å². The summed E-state index contributed by atoms with van der Waals surface area (Å²) in [5.74, 6) is 0.0219. The SMILES string of the molecule is COc1ccc(Cl)cc1NC(=O)C[C@H]1SC(N2CCCCC2)=NC1=O. The van der Waals surface area contributed by atoms with Gasteiger partial charge < -0.3 is 15.0 Å². The normalized spacial score (nSPS) is 20.4. The Balaban J connectivity index is 1.59. The number of benzene rings is 1. The maximum absolute atomic E-state index is 12.3. The number of hydrogen-bond acceptors (Lipinski definition) is 5. The molecule has 2 aliphatic rings. The van der Waals surface area contributed by atoms with Gasteiger partial charge in [-0.05, 0) is 37.5 Å². The zero-order chi connectivity index (χ0) is 17.8. The summed E-state index contributed by atoms with van der Waals surface area (Å²) in [6, 6.07) is 4.99. The molecule has 1 aromatic carbocycles. The quantitative estimate of drug-likeness (QED) is 0.867. The Labute approximate surface area is 156 Å². The van der Waals surface area contributed by atoms with E-state index in [-0.39, 0.29) is 18.2 Å². The van der Waals surface area contributed by atoms with Crippen molar-refractivity contribution in [1.29, 1.82) is 0 Å². The number of anilines is 1. The highest BCUT2D eigenvalue weighted by Crippen LogP contribution is 2.31. The van der Waals surface area contributed by atoms with Crippen LogP contribution in [0, 0.1) is 0 Å². The molecule has 8 heteroatoms. The van der Waals surface area contributed by atoms with Gasteiger partial charge in [0.15, 0.2) is 5.17 Å². The summed E-state index contributed by atoms with van der Waals surface area (Å²) < 4.78 is 5.21. The first-order valence-electron chi connectivity index (χ1n) is 8.24. The Morgan fingerprint density at radius 2 is 2.16 bits per heavy atom. The summed E-state index contributed by atoms with van der Waals surface area (Å²) in [5.41, 5.74) is 0.493. The van der Waals surface area contributed by atoms with Crippen LogP contribution in [0.5, 0.6) is 5.75 Å². The van der Waals surface area contributed by atoms with Crippen molar-refractivity contribution in [3.05, 3.63) is 23.2 Å². The number of rotatable bonds is 4. The van der Waals surface area contributed by atoms with Gasteiger partial charge in [0.05, 0.1) is 12.8 Å². The molecule has 25 heavy (non-hydrogen) atoms. The van der Waals surface area contributed by atoms with E-state index in [4.69, 9.17) is 16.3 Å². The van der Waals surface area contributed by atoms with Gasteiger partial charge in [0.25, 0.3) is 5.91 Å². The average Bonchev–Trinajstić information content (AvgIpc) is 2.96. The largest absolute Gasteiger partial charge is 0.495 e. The minimum Gasteiger partial charge on any atom is -0.495 e. The van der Waals surface area contributed by atoms with Crippen LogP contribution >= 0.6 is 23.4 Å². The monoisotopic (exact) mass is 381 g/mol. The first-order valence-corrected chi connectivity index (χ1v) is 9.50. The number of piperidine rings is 1. The van der Waals surface area contributed by atoms with Crippen LogP contribution in [0.2, 0.25) is 5.02 Å². The molecule has 0 aromatic heterocycles. The van der Waals surface area contributed by atoms with E-state index in [1.807, 2.05) is 0 Å². The van der Waals surface area contributed by atoms with Crippen molar-refractivity contribution < 1.29 is 14.3 Å². The fraction of sp³-hybridized carbons (Fsp3) is 0.471. The van der Waals surface area contributed by atoms with Crippen LogP contribution in [0.4, 0.5) is 5.69 Å². The van der Waals surface area contributed by atoms with Crippen molar-refractivity contribution in [2.75, 3.05) is 25.5 Å². The van der Waals surface area contributed by atoms with Crippen molar-refractivity contribution in [3.8, 4) is 5.75 Å². The molecule has 0 bridgehead atoms. The van der Waals surface area contributed by atoms with Gasteiger partial charge in [-0.15, -0.1) is 0 Å². The standard InChI is InChI=1S/C17H20ClN3O3S/c1-24-13-6-5-11(18)9-12(13)19-15(22)10-14-16(23)20-17(25-14)21-7-3-2-4-8-21/h5-6,9,14H,2-4,7-8,10H2,1H3,(H,19,22)/t14-/m1/s1. The fourth-order valence-electron chi connectivity index (χ4n) is 2.88. The van der Waals surface area contributed by atoms with Gasteiger partial charge in [-0.3, -0.25) is 9.59 Å². The number of carbonyl (C=O) groups is 2. The molecule has 1 saturated heterocycles. The lowest BCUT2D eigenvalue weighted by atomic mass is 10.1. The molecular formula is C17H20ClN3O3S. The molecule has 0 unspecified atom stereocenters. The lowest BCUT2D eigenvalue weighted by molar-refractivity contribution is -0.121. The predicted octanol–water partition coefficient (Wildman–Crippen LogP) is 3.16. The highest BCUT2D eigenvalue weighted by atomic mass is 35.5. The maximum atomic E-state index is 12.3. The third-order valence-corrected chi connectivity index (χ3v) is 5.61. The molecule has 2 amide bonds. The van der Waals surface area contributed by atoms with Crippen molar-refractivity contribution in [2.24, 2.45) is 4.99 Å². The summed E-state index contributed by atoms with van der Waals surface area (Å²) in [7, 11) is 1.52. The zero-order valence-corrected chi connectivity index (χ0v) is 15.5. The summed E-state index contributed by atoms with van der Waals surface area (Å²) in [6.45, 7) is 1.86. The topological polar surface area (TPSA) is 71.0 Å². The number of ether oxygens (including phenoxy) is 1. The van der Waals surface area contributed by atoms with Crippen molar-refractivity contribution in [1.82, 2.24) is 4.90 Å². The van der Waals surface area contributed by atoms with Crippen molar-refractivity contribution in [3.63, 3.8) is 0 Å². The Morgan fingerprint density at radius 3 is 2.88 bits per heavy atom. The number of thioether (sulfide) groups is 1. The van der Waals surface area contributed by atoms with Gasteiger partial charge in [0.2, 0.25) is 5.91 Å². The zero-order valence-electron chi connectivity index (χ0n) is 14.0. The number of aliphatic imine (C=N–C) groups is 1. The molecule has 1 fully saturated rings. The highest BCUT2D eigenvalue weighted by Gasteiger charge is 2.33. The lowest BCUT2D eigenvalue weighted by Crippen LogP contribution is -2.33. The first-order chi connectivity index (χ1) is 12.1. The molecule has 0 spiro atoms. The highest BCUT2D eigenvalue weighted by molar-refractivity contribution is 8.15. The summed E-state index contributed by atoms with van der Waals surface area (Å²) in [5, 5.41) is 3.55. The molecule has 1 atom stereocenters. The molecule has 0 saturated carbocycles. The molecular weight excluding hydrogens is 362 g/mol. The van der Waals surface area contributed by atoms with E-state index in [0.29, 0.717) is 16.5 Å². The fourth-order valence-corrected chi connectivity index (χ4v) is 4.17. The number of carbonyl (C=O) groups excluding carboxylic acids is 2. The van der Waals surface area contributed by atoms with Crippen LogP contribution in [-0.4, -0.2) is 47.3 Å². The number of halogens is 1. The molecule has 0 aliphatic carbocycles. The van der Waals surface area contributed by atoms with Gasteiger partial charge in [0, 0.05) is 24.5 Å². The number of methoxy groups -OCH3 is 1. The Hall–Kier alpha value is -1.73. The van der Waals surface area contributed by atoms with Crippen molar-refractivity contribution in [2.45, 2.75) is 30.9 Å². The van der Waals surface area contributed by atoms with Crippen LogP contribution in [0.1, 0.15) is 25.7 Å². The van der Waals surface area contributed by atoms with E-state index >= 15 is 0 Å². The van der Waals surface area contributed by atoms with Gasteiger partial charge in [0.1, 0.15) is 11.0 Å². The third-order valence-electron chi connectivity index (χ3n) is 4.16. The second kappa shape index (κ2) is 8.10. The lowest BCUT2D eigenvalue weighted by Gasteiger charge is -2.27. The number of nitrogens with zero attached hydrogens (tertiary/aromatic N) is 2. The summed E-state index contributed by atoms with van der Waals surface area (Å²) >= 11 is 7.35. The molecule has 1 aromatic rings. The molecule has 2 heterocycles.